The van der Waals surface area contributed by atoms with Crippen molar-refractivity contribution in [3.05, 3.63) is 66.6 Å². The van der Waals surface area contributed by atoms with E-state index in [1.165, 1.54) is 0 Å². The SMILES string of the molecule is Cc1nccn1[C@H]1CCCN(C(=O)c2occc2-c2ccccc2)C1. The van der Waals surface area contributed by atoms with E-state index in [0.29, 0.717) is 12.3 Å². The normalized spacial score (nSPS) is 17.6. The number of aryl methyl sites for hydroxylation is 1. The van der Waals surface area contributed by atoms with Crippen LogP contribution in [0.5, 0.6) is 0 Å². The summed E-state index contributed by atoms with van der Waals surface area (Å²) in [6.07, 6.45) is 7.45. The summed E-state index contributed by atoms with van der Waals surface area (Å²) in [6.45, 7) is 3.45. The van der Waals surface area contributed by atoms with Crippen molar-refractivity contribution in [2.45, 2.75) is 25.8 Å². The molecule has 1 saturated heterocycles. The third-order valence-electron chi connectivity index (χ3n) is 4.88. The van der Waals surface area contributed by atoms with E-state index in [2.05, 4.69) is 9.55 Å². The number of benzene rings is 1. The third kappa shape index (κ3) is 2.97. The number of nitrogens with zero attached hydrogens (tertiary/aromatic N) is 3. The monoisotopic (exact) mass is 335 g/mol. The highest BCUT2D eigenvalue weighted by atomic mass is 16.3. The Bertz CT molecular complexity index is 866. The first-order valence-electron chi connectivity index (χ1n) is 8.65. The molecule has 0 aliphatic carbocycles. The number of piperidine rings is 1. The van der Waals surface area contributed by atoms with Crippen molar-refractivity contribution < 1.29 is 9.21 Å². The lowest BCUT2D eigenvalue weighted by Crippen LogP contribution is -2.40. The van der Waals surface area contributed by atoms with Gasteiger partial charge in [-0.3, -0.25) is 4.79 Å². The van der Waals surface area contributed by atoms with Crippen LogP contribution in [0.4, 0.5) is 0 Å². The number of carbonyl (C=O) groups is 1. The van der Waals surface area contributed by atoms with Gasteiger partial charge in [0.15, 0.2) is 5.76 Å². The molecule has 3 heterocycles. The highest BCUT2D eigenvalue weighted by Gasteiger charge is 2.29. The predicted octanol–water partition coefficient (Wildman–Crippen LogP) is 3.93. The number of carbonyl (C=O) groups excluding carboxylic acids is 1. The zero-order chi connectivity index (χ0) is 17.2. The summed E-state index contributed by atoms with van der Waals surface area (Å²) < 4.78 is 7.74. The number of imidazole rings is 1. The van der Waals surface area contributed by atoms with Gasteiger partial charge in [0.2, 0.25) is 0 Å². The molecule has 0 bridgehead atoms. The Labute approximate surface area is 146 Å². The van der Waals surface area contributed by atoms with E-state index >= 15 is 0 Å². The quantitative estimate of drug-likeness (QED) is 0.729. The molecule has 25 heavy (non-hydrogen) atoms. The zero-order valence-corrected chi connectivity index (χ0v) is 14.3. The van der Waals surface area contributed by atoms with Gasteiger partial charge in [-0.15, -0.1) is 0 Å². The number of hydrogen-bond acceptors (Lipinski definition) is 3. The van der Waals surface area contributed by atoms with Crippen LogP contribution in [0.25, 0.3) is 11.1 Å². The van der Waals surface area contributed by atoms with Crippen molar-refractivity contribution in [3.63, 3.8) is 0 Å². The molecule has 5 heteroatoms. The fourth-order valence-corrected chi connectivity index (χ4v) is 3.60. The van der Waals surface area contributed by atoms with Crippen LogP contribution >= 0.6 is 0 Å². The number of furan rings is 1. The summed E-state index contributed by atoms with van der Waals surface area (Å²) in [7, 11) is 0. The summed E-state index contributed by atoms with van der Waals surface area (Å²) >= 11 is 0. The van der Waals surface area contributed by atoms with Crippen LogP contribution in [0, 0.1) is 6.92 Å². The van der Waals surface area contributed by atoms with Crippen molar-refractivity contribution in [1.29, 1.82) is 0 Å². The first-order valence-corrected chi connectivity index (χ1v) is 8.65. The minimum atomic E-state index is -0.0358. The first-order chi connectivity index (χ1) is 12.2. The second-order valence-corrected chi connectivity index (χ2v) is 6.46. The Balaban J connectivity index is 1.58. The Morgan fingerprint density at radius 1 is 1.24 bits per heavy atom. The molecule has 0 saturated carbocycles. The van der Waals surface area contributed by atoms with Gasteiger partial charge in [-0.25, -0.2) is 4.98 Å². The molecule has 128 valence electrons. The van der Waals surface area contributed by atoms with E-state index in [1.54, 1.807) is 6.26 Å². The molecule has 1 aliphatic rings. The molecule has 3 aromatic rings. The van der Waals surface area contributed by atoms with Crippen LogP contribution in [0.3, 0.4) is 0 Å². The maximum Gasteiger partial charge on any atom is 0.290 e. The summed E-state index contributed by atoms with van der Waals surface area (Å²) in [5.41, 5.74) is 1.85. The number of aromatic nitrogens is 2. The van der Waals surface area contributed by atoms with Crippen LogP contribution < -0.4 is 0 Å². The van der Waals surface area contributed by atoms with Gasteiger partial charge in [-0.1, -0.05) is 30.3 Å². The fourth-order valence-electron chi connectivity index (χ4n) is 3.60. The molecule has 0 spiro atoms. The zero-order valence-electron chi connectivity index (χ0n) is 14.3. The van der Waals surface area contributed by atoms with E-state index in [4.69, 9.17) is 4.42 Å². The number of rotatable bonds is 3. The molecule has 0 radical (unpaired) electrons. The molecular weight excluding hydrogens is 314 g/mol. The van der Waals surface area contributed by atoms with Gasteiger partial charge < -0.3 is 13.9 Å². The van der Waals surface area contributed by atoms with E-state index in [0.717, 1.165) is 36.3 Å². The number of amides is 1. The van der Waals surface area contributed by atoms with Gasteiger partial charge in [-0.05, 0) is 31.4 Å². The van der Waals surface area contributed by atoms with Crippen molar-refractivity contribution in [1.82, 2.24) is 14.5 Å². The van der Waals surface area contributed by atoms with E-state index in [1.807, 2.05) is 60.6 Å². The lowest BCUT2D eigenvalue weighted by atomic mass is 10.0. The Hall–Kier alpha value is -2.82. The van der Waals surface area contributed by atoms with Crippen molar-refractivity contribution in [2.24, 2.45) is 0 Å². The van der Waals surface area contributed by atoms with Crippen molar-refractivity contribution in [3.8, 4) is 11.1 Å². The van der Waals surface area contributed by atoms with Crippen molar-refractivity contribution in [2.75, 3.05) is 13.1 Å². The number of hydrogen-bond donors (Lipinski definition) is 0. The van der Waals surface area contributed by atoms with Crippen LogP contribution in [0.1, 0.15) is 35.3 Å². The van der Waals surface area contributed by atoms with Crippen molar-refractivity contribution >= 4 is 5.91 Å². The fraction of sp³-hybridized carbons (Fsp3) is 0.300. The Morgan fingerprint density at radius 2 is 2.08 bits per heavy atom. The first kappa shape index (κ1) is 15.7. The van der Waals surface area contributed by atoms with Gasteiger partial charge in [0.05, 0.1) is 12.3 Å². The standard InChI is InChI=1S/C20H21N3O2/c1-15-21-10-12-23(15)17-8-5-11-22(14-17)20(24)19-18(9-13-25-19)16-6-3-2-4-7-16/h2-4,6-7,9-10,12-13,17H,5,8,11,14H2,1H3/t17-/m0/s1. The highest BCUT2D eigenvalue weighted by molar-refractivity contribution is 5.98. The molecule has 1 aliphatic heterocycles. The van der Waals surface area contributed by atoms with Gasteiger partial charge in [0.1, 0.15) is 5.82 Å². The lowest BCUT2D eigenvalue weighted by molar-refractivity contribution is 0.0647. The van der Waals surface area contributed by atoms with E-state index < -0.39 is 0 Å². The van der Waals surface area contributed by atoms with Crippen LogP contribution in [0.15, 0.2) is 59.5 Å². The maximum absolute atomic E-state index is 13.1. The molecule has 0 N–H and O–H groups in total. The van der Waals surface area contributed by atoms with E-state index in [9.17, 15) is 4.79 Å². The van der Waals surface area contributed by atoms with Crippen LogP contribution in [-0.2, 0) is 0 Å². The lowest BCUT2D eigenvalue weighted by Gasteiger charge is -2.33. The summed E-state index contributed by atoms with van der Waals surface area (Å²) in [5.74, 6) is 1.38. The average molecular weight is 335 g/mol. The van der Waals surface area contributed by atoms with Gasteiger partial charge in [0.25, 0.3) is 5.91 Å². The molecule has 1 aromatic carbocycles. The minimum Gasteiger partial charge on any atom is -0.459 e. The van der Waals surface area contributed by atoms with Crippen LogP contribution in [0.2, 0.25) is 0 Å². The largest absolute Gasteiger partial charge is 0.459 e. The van der Waals surface area contributed by atoms with Crippen LogP contribution in [-0.4, -0.2) is 33.4 Å². The second-order valence-electron chi connectivity index (χ2n) is 6.46. The Kier molecular flexibility index (Phi) is 4.14. The molecule has 0 unspecified atom stereocenters. The molecule has 4 rings (SSSR count). The predicted molar refractivity (Wildman–Crippen MR) is 95.3 cm³/mol. The summed E-state index contributed by atoms with van der Waals surface area (Å²) in [5, 5.41) is 0. The van der Waals surface area contributed by atoms with E-state index in [-0.39, 0.29) is 11.9 Å². The molecule has 1 amide bonds. The molecular formula is C20H21N3O2. The highest BCUT2D eigenvalue weighted by Crippen LogP contribution is 2.29. The third-order valence-corrected chi connectivity index (χ3v) is 4.88. The Morgan fingerprint density at radius 3 is 2.84 bits per heavy atom. The smallest absolute Gasteiger partial charge is 0.290 e. The van der Waals surface area contributed by atoms with Gasteiger partial charge in [-0.2, -0.15) is 0 Å². The van der Waals surface area contributed by atoms with Gasteiger partial charge >= 0.3 is 0 Å². The minimum absolute atomic E-state index is 0.0358. The summed E-state index contributed by atoms with van der Waals surface area (Å²) in [6, 6.07) is 12.0. The summed E-state index contributed by atoms with van der Waals surface area (Å²) in [4.78, 5) is 19.3. The average Bonchev–Trinajstić information content (AvgIpc) is 3.31. The maximum atomic E-state index is 13.1. The topological polar surface area (TPSA) is 51.3 Å². The second kappa shape index (κ2) is 6.59. The molecule has 2 aromatic heterocycles. The molecule has 1 atom stereocenters. The molecule has 5 nitrogen and oxygen atoms in total. The number of likely N-dealkylation sites (tertiary alicyclic amines) is 1. The van der Waals surface area contributed by atoms with Gasteiger partial charge in [0, 0.05) is 31.0 Å². The molecule has 1 fully saturated rings.